The normalized spacial score (nSPS) is 20.6. The molecular formula is C20H21N3O2S2. The molecule has 1 aliphatic heterocycles. The molecule has 2 N–H and O–H groups in total. The minimum absolute atomic E-state index is 0.276. The topological polar surface area (TPSA) is 77.5 Å². The molecule has 7 heteroatoms. The summed E-state index contributed by atoms with van der Waals surface area (Å²) in [6.07, 6.45) is 2.47. The van der Waals surface area contributed by atoms with Crippen LogP contribution in [-0.2, 0) is 15.6 Å². The number of hydrogen-bond donors (Lipinski definition) is 1. The third-order valence-corrected chi connectivity index (χ3v) is 7.55. The van der Waals surface area contributed by atoms with Crippen molar-refractivity contribution in [2.45, 2.75) is 30.7 Å². The predicted molar refractivity (Wildman–Crippen MR) is 112 cm³/mol. The number of thioether (sulfide) groups is 1. The van der Waals surface area contributed by atoms with Gasteiger partial charge in [-0.3, -0.25) is 4.99 Å². The maximum atomic E-state index is 13.2. The number of aromatic nitrogens is 1. The predicted octanol–water partition coefficient (Wildman–Crippen LogP) is 3.85. The average Bonchev–Trinajstić information content (AvgIpc) is 3.06. The number of aliphatic imine (C=N–C) groups is 1. The van der Waals surface area contributed by atoms with Gasteiger partial charge >= 0.3 is 0 Å². The van der Waals surface area contributed by atoms with Gasteiger partial charge in [0.2, 0.25) is 0 Å². The molecule has 2 heterocycles. The van der Waals surface area contributed by atoms with E-state index in [4.69, 9.17) is 5.73 Å². The fourth-order valence-electron chi connectivity index (χ4n) is 3.37. The Kier molecular flexibility index (Phi) is 4.31. The van der Waals surface area contributed by atoms with Gasteiger partial charge in [-0.2, -0.15) is 0 Å². The van der Waals surface area contributed by atoms with Crippen LogP contribution in [0.4, 0.5) is 0 Å². The van der Waals surface area contributed by atoms with Gasteiger partial charge in [-0.05, 0) is 50.1 Å². The van der Waals surface area contributed by atoms with E-state index in [-0.39, 0.29) is 4.90 Å². The van der Waals surface area contributed by atoms with E-state index in [1.807, 2.05) is 50.2 Å². The van der Waals surface area contributed by atoms with Crippen molar-refractivity contribution in [2.75, 3.05) is 5.75 Å². The van der Waals surface area contributed by atoms with Gasteiger partial charge < -0.3 is 5.73 Å². The second-order valence-corrected chi connectivity index (χ2v) is 9.96. The zero-order valence-corrected chi connectivity index (χ0v) is 16.8. The van der Waals surface area contributed by atoms with Crippen molar-refractivity contribution in [3.8, 4) is 0 Å². The molecule has 0 saturated heterocycles. The van der Waals surface area contributed by atoms with Crippen molar-refractivity contribution in [2.24, 2.45) is 10.7 Å². The molecule has 0 amide bonds. The van der Waals surface area contributed by atoms with Crippen molar-refractivity contribution in [1.29, 1.82) is 0 Å². The molecule has 0 saturated carbocycles. The van der Waals surface area contributed by atoms with Crippen LogP contribution in [0.1, 0.15) is 24.5 Å². The molecule has 2 aromatic carbocycles. The van der Waals surface area contributed by atoms with Crippen LogP contribution >= 0.6 is 11.8 Å². The number of amidine groups is 1. The number of fused-ring (bicyclic) bond motifs is 1. The minimum Gasteiger partial charge on any atom is -0.379 e. The Bertz CT molecular complexity index is 1150. The minimum atomic E-state index is -3.67. The monoisotopic (exact) mass is 399 g/mol. The van der Waals surface area contributed by atoms with Crippen LogP contribution in [0, 0.1) is 6.92 Å². The van der Waals surface area contributed by atoms with Crippen molar-refractivity contribution in [3.05, 3.63) is 65.9 Å². The van der Waals surface area contributed by atoms with E-state index in [2.05, 4.69) is 4.99 Å². The maximum absolute atomic E-state index is 13.2. The summed E-state index contributed by atoms with van der Waals surface area (Å²) in [7, 11) is -3.67. The van der Waals surface area contributed by atoms with Gasteiger partial charge in [-0.25, -0.2) is 12.4 Å². The van der Waals surface area contributed by atoms with Crippen molar-refractivity contribution in [3.63, 3.8) is 0 Å². The van der Waals surface area contributed by atoms with Crippen LogP contribution in [0.3, 0.4) is 0 Å². The Morgan fingerprint density at radius 2 is 1.89 bits per heavy atom. The molecule has 3 aromatic rings. The highest BCUT2D eigenvalue weighted by molar-refractivity contribution is 8.13. The summed E-state index contributed by atoms with van der Waals surface area (Å²) in [5.74, 6) is 0.895. The fraction of sp³-hybridized carbons (Fsp3) is 0.250. The molecule has 0 fully saturated rings. The summed E-state index contributed by atoms with van der Waals surface area (Å²) >= 11 is 1.55. The SMILES string of the molecule is Cc1ccc(S(=O)(=O)n2ccc3ccc(C4(C)CCSC(N)=N4)cc32)cc1. The molecule has 1 unspecified atom stereocenters. The summed E-state index contributed by atoms with van der Waals surface area (Å²) in [6.45, 7) is 3.98. The van der Waals surface area contributed by atoms with Crippen LogP contribution in [0.2, 0.25) is 0 Å². The van der Waals surface area contributed by atoms with E-state index in [0.29, 0.717) is 10.7 Å². The van der Waals surface area contributed by atoms with Gasteiger partial charge in [0.25, 0.3) is 10.0 Å². The summed E-state index contributed by atoms with van der Waals surface area (Å²) in [5, 5.41) is 1.45. The first-order valence-corrected chi connectivity index (χ1v) is 11.1. The van der Waals surface area contributed by atoms with Crippen LogP contribution in [0.25, 0.3) is 10.9 Å². The lowest BCUT2D eigenvalue weighted by Gasteiger charge is -2.29. The molecule has 1 atom stereocenters. The lowest BCUT2D eigenvalue weighted by Crippen LogP contribution is -2.28. The van der Waals surface area contributed by atoms with Crippen molar-refractivity contribution in [1.82, 2.24) is 3.97 Å². The fourth-order valence-corrected chi connectivity index (χ4v) is 5.69. The molecule has 0 aliphatic carbocycles. The summed E-state index contributed by atoms with van der Waals surface area (Å²) < 4.78 is 27.7. The Balaban J connectivity index is 1.86. The molecule has 0 spiro atoms. The van der Waals surface area contributed by atoms with Gasteiger partial charge in [0.05, 0.1) is 16.0 Å². The Morgan fingerprint density at radius 3 is 2.59 bits per heavy atom. The highest BCUT2D eigenvalue weighted by atomic mass is 32.2. The molecule has 4 rings (SSSR count). The first-order valence-electron chi connectivity index (χ1n) is 8.72. The second-order valence-electron chi connectivity index (χ2n) is 7.03. The van der Waals surface area contributed by atoms with Gasteiger partial charge in [0.1, 0.15) is 0 Å². The van der Waals surface area contributed by atoms with E-state index < -0.39 is 15.6 Å². The lowest BCUT2D eigenvalue weighted by atomic mass is 9.89. The quantitative estimate of drug-likeness (QED) is 0.726. The molecule has 0 radical (unpaired) electrons. The number of rotatable bonds is 3. The summed E-state index contributed by atoms with van der Waals surface area (Å²) in [4.78, 5) is 4.91. The molecule has 1 aromatic heterocycles. The van der Waals surface area contributed by atoms with E-state index in [0.717, 1.165) is 28.7 Å². The van der Waals surface area contributed by atoms with E-state index in [9.17, 15) is 8.42 Å². The van der Waals surface area contributed by atoms with Crippen LogP contribution < -0.4 is 5.73 Å². The van der Waals surface area contributed by atoms with Crippen molar-refractivity contribution < 1.29 is 8.42 Å². The molecule has 1 aliphatic rings. The number of hydrogen-bond acceptors (Lipinski definition) is 5. The van der Waals surface area contributed by atoms with Crippen LogP contribution in [-0.4, -0.2) is 23.3 Å². The van der Waals surface area contributed by atoms with Gasteiger partial charge in [0, 0.05) is 17.3 Å². The largest absolute Gasteiger partial charge is 0.379 e. The lowest BCUT2D eigenvalue weighted by molar-refractivity contribution is 0.482. The molecular weight excluding hydrogens is 378 g/mol. The second kappa shape index (κ2) is 6.42. The highest BCUT2D eigenvalue weighted by Crippen LogP contribution is 2.36. The number of nitrogens with two attached hydrogens (primary N) is 1. The third kappa shape index (κ3) is 3.15. The van der Waals surface area contributed by atoms with Crippen LogP contribution in [0.5, 0.6) is 0 Å². The molecule has 5 nitrogen and oxygen atoms in total. The zero-order valence-electron chi connectivity index (χ0n) is 15.2. The smallest absolute Gasteiger partial charge is 0.268 e. The Morgan fingerprint density at radius 1 is 1.15 bits per heavy atom. The summed E-state index contributed by atoms with van der Waals surface area (Å²) in [5.41, 5.74) is 8.15. The Labute approximate surface area is 163 Å². The van der Waals surface area contributed by atoms with Gasteiger partial charge in [0.15, 0.2) is 5.17 Å². The molecule has 0 bridgehead atoms. The maximum Gasteiger partial charge on any atom is 0.268 e. The Hall–Kier alpha value is -2.25. The number of nitrogens with zero attached hydrogens (tertiary/aromatic N) is 2. The van der Waals surface area contributed by atoms with E-state index in [1.165, 1.54) is 3.97 Å². The van der Waals surface area contributed by atoms with Crippen molar-refractivity contribution >= 4 is 37.9 Å². The number of benzene rings is 2. The van der Waals surface area contributed by atoms with Gasteiger partial charge in [-0.15, -0.1) is 0 Å². The number of aryl methyl sites for hydroxylation is 1. The molecule has 140 valence electrons. The summed E-state index contributed by atoms with van der Waals surface area (Å²) in [6, 6.07) is 14.6. The van der Waals surface area contributed by atoms with E-state index in [1.54, 1.807) is 30.1 Å². The van der Waals surface area contributed by atoms with Crippen LogP contribution in [0.15, 0.2) is 64.6 Å². The first kappa shape index (κ1) is 18.1. The first-order chi connectivity index (χ1) is 12.8. The standard InChI is InChI=1S/C20H21N3O2S2/c1-14-3-7-17(8-4-14)27(24,25)23-11-9-15-5-6-16(13-18(15)23)20(2)10-12-26-19(21)22-20/h3-9,11,13H,10,12H2,1-2H3,(H2,21,22). The zero-order chi connectivity index (χ0) is 19.2. The molecule has 27 heavy (non-hydrogen) atoms. The van der Waals surface area contributed by atoms with Gasteiger partial charge in [-0.1, -0.05) is 41.6 Å². The average molecular weight is 400 g/mol. The third-order valence-electron chi connectivity index (χ3n) is 5.05. The van der Waals surface area contributed by atoms with E-state index >= 15 is 0 Å². The highest BCUT2D eigenvalue weighted by Gasteiger charge is 2.30.